The van der Waals surface area contributed by atoms with Crippen LogP contribution < -0.4 is 10.6 Å². The molecule has 1 saturated heterocycles. The van der Waals surface area contributed by atoms with Crippen LogP contribution in [-0.2, 0) is 16.6 Å². The van der Waals surface area contributed by atoms with Crippen molar-refractivity contribution in [1.82, 2.24) is 14.9 Å². The normalized spacial score (nSPS) is 27.7. The molecule has 3 aliphatic rings. The minimum atomic E-state index is -0.597. The summed E-state index contributed by atoms with van der Waals surface area (Å²) < 4.78 is 0. The fourth-order valence-electron chi connectivity index (χ4n) is 4.54. The summed E-state index contributed by atoms with van der Waals surface area (Å²) in [5.74, 6) is 0.913. The van der Waals surface area contributed by atoms with Crippen molar-refractivity contribution in [3.8, 4) is 0 Å². The minimum absolute atomic E-state index is 0.00293. The monoisotopic (exact) mass is 329 g/mol. The van der Waals surface area contributed by atoms with E-state index in [2.05, 4.69) is 4.98 Å². The van der Waals surface area contributed by atoms with Gasteiger partial charge in [0.05, 0.1) is 11.2 Å². The third-order valence-electron chi connectivity index (χ3n) is 6.16. The molecule has 0 aromatic carbocycles. The molecule has 6 heteroatoms. The lowest BCUT2D eigenvalue weighted by Crippen LogP contribution is -2.62. The molecule has 6 nitrogen and oxygen atoms in total. The summed E-state index contributed by atoms with van der Waals surface area (Å²) in [6.45, 7) is 1.60. The maximum atomic E-state index is 12.9. The van der Waals surface area contributed by atoms with Crippen molar-refractivity contribution >= 4 is 11.9 Å². The van der Waals surface area contributed by atoms with Crippen LogP contribution in [0.15, 0.2) is 6.20 Å². The van der Waals surface area contributed by atoms with Crippen molar-refractivity contribution in [2.75, 3.05) is 32.1 Å². The second kappa shape index (κ2) is 5.41. The summed E-state index contributed by atoms with van der Waals surface area (Å²) in [7, 11) is 3.93. The summed E-state index contributed by atoms with van der Waals surface area (Å²) in [5.41, 5.74) is 8.12. The number of anilines is 1. The average molecular weight is 329 g/mol. The molecule has 1 saturated carbocycles. The molecule has 130 valence electrons. The van der Waals surface area contributed by atoms with Gasteiger partial charge in [-0.1, -0.05) is 0 Å². The van der Waals surface area contributed by atoms with Gasteiger partial charge in [-0.2, -0.15) is 0 Å². The van der Waals surface area contributed by atoms with Crippen molar-refractivity contribution < 1.29 is 4.79 Å². The molecule has 4 rings (SSSR count). The number of hydrogen-bond donors (Lipinski definition) is 1. The number of likely N-dealkylation sites (tertiary alicyclic amines) is 1. The van der Waals surface area contributed by atoms with Gasteiger partial charge in [0.15, 0.2) is 0 Å². The number of carbonyl (C=O) groups is 1. The standard InChI is InChI=1S/C18H27N5O/c1-22(2)16-20-11-13-5-9-17(14(13)21-16)6-4-10-23(12-17)15(24)18(19)7-3-8-18/h11H,3-10,12,19H2,1-2H3. The molecule has 24 heavy (non-hydrogen) atoms. The molecule has 2 fully saturated rings. The van der Waals surface area contributed by atoms with Crippen molar-refractivity contribution in [2.24, 2.45) is 5.73 Å². The first-order valence-electron chi connectivity index (χ1n) is 9.06. The average Bonchev–Trinajstić information content (AvgIpc) is 2.89. The number of nitrogens with two attached hydrogens (primary N) is 1. The summed E-state index contributed by atoms with van der Waals surface area (Å²) >= 11 is 0. The van der Waals surface area contributed by atoms with Crippen molar-refractivity contribution in [2.45, 2.75) is 55.9 Å². The van der Waals surface area contributed by atoms with E-state index in [0.717, 1.165) is 64.0 Å². The van der Waals surface area contributed by atoms with E-state index in [1.165, 1.54) is 11.3 Å². The summed E-state index contributed by atoms with van der Waals surface area (Å²) in [6, 6.07) is 0. The molecule has 2 aliphatic carbocycles. The van der Waals surface area contributed by atoms with E-state index in [-0.39, 0.29) is 11.3 Å². The fourth-order valence-corrected chi connectivity index (χ4v) is 4.54. The van der Waals surface area contributed by atoms with Crippen LogP contribution in [0.1, 0.15) is 49.8 Å². The number of carbonyl (C=O) groups excluding carboxylic acids is 1. The first-order valence-corrected chi connectivity index (χ1v) is 9.06. The van der Waals surface area contributed by atoms with Gasteiger partial charge in [-0.25, -0.2) is 9.97 Å². The number of nitrogens with zero attached hydrogens (tertiary/aromatic N) is 4. The molecule has 1 atom stereocenters. The molecular weight excluding hydrogens is 302 g/mol. The van der Waals surface area contributed by atoms with E-state index in [9.17, 15) is 4.79 Å². The Bertz CT molecular complexity index is 665. The highest BCUT2D eigenvalue weighted by atomic mass is 16.2. The van der Waals surface area contributed by atoms with Crippen LogP contribution in [0.4, 0.5) is 5.95 Å². The van der Waals surface area contributed by atoms with Gasteiger partial charge in [-0.3, -0.25) is 4.79 Å². The molecule has 1 aromatic rings. The Morgan fingerprint density at radius 1 is 1.25 bits per heavy atom. The van der Waals surface area contributed by atoms with Crippen LogP contribution >= 0.6 is 0 Å². The quantitative estimate of drug-likeness (QED) is 0.883. The van der Waals surface area contributed by atoms with Crippen LogP contribution in [-0.4, -0.2) is 53.5 Å². The molecule has 2 N–H and O–H groups in total. The first-order chi connectivity index (χ1) is 11.4. The van der Waals surface area contributed by atoms with Crippen molar-refractivity contribution in [1.29, 1.82) is 0 Å². The van der Waals surface area contributed by atoms with Gasteiger partial charge in [0.1, 0.15) is 0 Å². The van der Waals surface area contributed by atoms with E-state index in [1.54, 1.807) is 0 Å². The molecule has 1 amide bonds. The molecule has 0 radical (unpaired) electrons. The van der Waals surface area contributed by atoms with Crippen LogP contribution in [0.3, 0.4) is 0 Å². The number of hydrogen-bond acceptors (Lipinski definition) is 5. The SMILES string of the molecule is CN(C)c1ncc2c(n1)C1(CCCN(C(=O)C3(N)CCC3)C1)CC2. The third kappa shape index (κ3) is 2.31. The number of aryl methyl sites for hydroxylation is 1. The fraction of sp³-hybridized carbons (Fsp3) is 0.722. The Hall–Kier alpha value is -1.69. The number of rotatable bonds is 2. The lowest BCUT2D eigenvalue weighted by Gasteiger charge is -2.46. The molecule has 0 bridgehead atoms. The van der Waals surface area contributed by atoms with Crippen LogP contribution in [0.2, 0.25) is 0 Å². The van der Waals surface area contributed by atoms with Crippen LogP contribution in [0, 0.1) is 0 Å². The van der Waals surface area contributed by atoms with Crippen LogP contribution in [0.5, 0.6) is 0 Å². The van der Waals surface area contributed by atoms with Gasteiger partial charge in [-0.15, -0.1) is 0 Å². The molecule has 1 aromatic heterocycles. The second-order valence-electron chi connectivity index (χ2n) is 8.06. The number of amides is 1. The predicted molar refractivity (Wildman–Crippen MR) is 92.9 cm³/mol. The lowest BCUT2D eigenvalue weighted by atomic mass is 9.74. The topological polar surface area (TPSA) is 75.4 Å². The van der Waals surface area contributed by atoms with E-state index >= 15 is 0 Å². The Labute approximate surface area is 143 Å². The molecule has 1 aliphatic heterocycles. The largest absolute Gasteiger partial charge is 0.347 e. The Morgan fingerprint density at radius 3 is 2.71 bits per heavy atom. The van der Waals surface area contributed by atoms with Gasteiger partial charge in [0.25, 0.3) is 0 Å². The maximum absolute atomic E-state index is 12.9. The van der Waals surface area contributed by atoms with Gasteiger partial charge in [0.2, 0.25) is 11.9 Å². The first kappa shape index (κ1) is 15.8. The highest BCUT2D eigenvalue weighted by molar-refractivity contribution is 5.87. The Balaban J connectivity index is 1.63. The smallest absolute Gasteiger partial charge is 0.242 e. The number of piperidine rings is 1. The predicted octanol–water partition coefficient (Wildman–Crippen LogP) is 1.23. The molecule has 1 unspecified atom stereocenters. The van der Waals surface area contributed by atoms with Crippen LogP contribution in [0.25, 0.3) is 0 Å². The zero-order valence-corrected chi connectivity index (χ0v) is 14.7. The van der Waals surface area contributed by atoms with E-state index in [1.807, 2.05) is 30.1 Å². The van der Waals surface area contributed by atoms with Gasteiger partial charge in [0, 0.05) is 38.8 Å². The minimum Gasteiger partial charge on any atom is -0.347 e. The maximum Gasteiger partial charge on any atom is 0.242 e. The summed E-state index contributed by atoms with van der Waals surface area (Å²) in [4.78, 5) is 26.2. The second-order valence-corrected chi connectivity index (χ2v) is 8.06. The van der Waals surface area contributed by atoms with E-state index in [4.69, 9.17) is 10.7 Å². The van der Waals surface area contributed by atoms with E-state index < -0.39 is 5.54 Å². The molecule has 2 heterocycles. The zero-order chi connectivity index (χ0) is 16.9. The van der Waals surface area contributed by atoms with Gasteiger partial charge >= 0.3 is 0 Å². The van der Waals surface area contributed by atoms with E-state index in [0.29, 0.717) is 0 Å². The number of fused-ring (bicyclic) bond motifs is 2. The third-order valence-corrected chi connectivity index (χ3v) is 6.16. The van der Waals surface area contributed by atoms with Crippen molar-refractivity contribution in [3.63, 3.8) is 0 Å². The molecular formula is C18H27N5O. The Morgan fingerprint density at radius 2 is 2.04 bits per heavy atom. The van der Waals surface area contributed by atoms with Gasteiger partial charge < -0.3 is 15.5 Å². The highest BCUT2D eigenvalue weighted by Crippen LogP contribution is 2.45. The zero-order valence-electron chi connectivity index (χ0n) is 14.7. The summed E-state index contributed by atoms with van der Waals surface area (Å²) in [6.07, 6.45) is 8.92. The molecule has 1 spiro atoms. The van der Waals surface area contributed by atoms with Gasteiger partial charge in [-0.05, 0) is 50.5 Å². The number of aromatic nitrogens is 2. The highest BCUT2D eigenvalue weighted by Gasteiger charge is 2.49. The lowest BCUT2D eigenvalue weighted by molar-refractivity contribution is -0.142. The Kier molecular flexibility index (Phi) is 3.56. The van der Waals surface area contributed by atoms with Crippen molar-refractivity contribution in [3.05, 3.63) is 17.5 Å². The summed E-state index contributed by atoms with van der Waals surface area (Å²) in [5, 5.41) is 0.